The molecule has 0 saturated carbocycles. The van der Waals surface area contributed by atoms with Crippen molar-refractivity contribution in [1.29, 1.82) is 0 Å². The second kappa shape index (κ2) is 6.42. The zero-order valence-corrected chi connectivity index (χ0v) is 13.0. The Morgan fingerprint density at radius 1 is 1.26 bits per heavy atom. The fraction of sp³-hybridized carbons (Fsp3) is 0.200. The van der Waals surface area contributed by atoms with Crippen LogP contribution in [0.25, 0.3) is 0 Å². The highest BCUT2D eigenvalue weighted by Crippen LogP contribution is 2.34. The third-order valence-corrected chi connectivity index (χ3v) is 4.00. The molecule has 0 unspecified atom stereocenters. The Morgan fingerprint density at radius 3 is 2.74 bits per heavy atom. The monoisotopic (exact) mass is 339 g/mol. The van der Waals surface area contributed by atoms with Gasteiger partial charge in [0.05, 0.1) is 5.02 Å². The highest BCUT2D eigenvalue weighted by atomic mass is 79.9. The minimum Gasteiger partial charge on any atom is -0.456 e. The van der Waals surface area contributed by atoms with Crippen molar-refractivity contribution in [2.24, 2.45) is 5.73 Å². The van der Waals surface area contributed by atoms with Crippen LogP contribution in [-0.2, 0) is 6.42 Å². The number of benzene rings is 2. The van der Waals surface area contributed by atoms with Crippen molar-refractivity contribution in [3.63, 3.8) is 0 Å². The van der Waals surface area contributed by atoms with Gasteiger partial charge < -0.3 is 10.5 Å². The van der Waals surface area contributed by atoms with Crippen molar-refractivity contribution in [3.05, 3.63) is 57.0 Å². The first-order valence-corrected chi connectivity index (χ1v) is 7.20. The molecule has 0 amide bonds. The van der Waals surface area contributed by atoms with Gasteiger partial charge in [0.25, 0.3) is 0 Å². The SMILES string of the molecule is Cc1cc(Oc2c(Cl)cccc2CCN)ccc1Br. The number of hydrogen-bond acceptors (Lipinski definition) is 2. The maximum absolute atomic E-state index is 6.21. The van der Waals surface area contributed by atoms with Crippen LogP contribution in [0, 0.1) is 6.92 Å². The van der Waals surface area contributed by atoms with Gasteiger partial charge in [-0.1, -0.05) is 39.7 Å². The smallest absolute Gasteiger partial charge is 0.149 e. The third kappa shape index (κ3) is 3.50. The van der Waals surface area contributed by atoms with Crippen molar-refractivity contribution in [1.82, 2.24) is 0 Å². The largest absolute Gasteiger partial charge is 0.456 e. The maximum Gasteiger partial charge on any atom is 0.149 e. The summed E-state index contributed by atoms with van der Waals surface area (Å²) in [5, 5.41) is 0.603. The van der Waals surface area contributed by atoms with Crippen molar-refractivity contribution >= 4 is 27.5 Å². The first-order valence-electron chi connectivity index (χ1n) is 6.03. The number of aryl methyl sites for hydroxylation is 1. The molecule has 0 aliphatic rings. The second-order valence-corrected chi connectivity index (χ2v) is 5.54. The summed E-state index contributed by atoms with van der Waals surface area (Å²) in [5.41, 5.74) is 7.75. The molecular weight excluding hydrogens is 326 g/mol. The minimum atomic E-state index is 0.566. The van der Waals surface area contributed by atoms with E-state index in [4.69, 9.17) is 22.1 Å². The molecule has 2 nitrogen and oxygen atoms in total. The molecule has 19 heavy (non-hydrogen) atoms. The highest BCUT2D eigenvalue weighted by Gasteiger charge is 2.09. The van der Waals surface area contributed by atoms with Crippen LogP contribution >= 0.6 is 27.5 Å². The van der Waals surface area contributed by atoms with E-state index in [9.17, 15) is 0 Å². The topological polar surface area (TPSA) is 35.2 Å². The summed E-state index contributed by atoms with van der Waals surface area (Å²) < 4.78 is 6.98. The minimum absolute atomic E-state index is 0.566. The van der Waals surface area contributed by atoms with E-state index in [0.717, 1.165) is 27.8 Å². The van der Waals surface area contributed by atoms with Crippen molar-refractivity contribution in [3.8, 4) is 11.5 Å². The Balaban J connectivity index is 2.34. The van der Waals surface area contributed by atoms with Gasteiger partial charge >= 0.3 is 0 Å². The number of halogens is 2. The average molecular weight is 341 g/mol. The lowest BCUT2D eigenvalue weighted by atomic mass is 10.1. The predicted molar refractivity (Wildman–Crippen MR) is 83.2 cm³/mol. The first-order chi connectivity index (χ1) is 9.11. The predicted octanol–water partition coefficient (Wildman–Crippen LogP) is 4.70. The summed E-state index contributed by atoms with van der Waals surface area (Å²) in [4.78, 5) is 0. The van der Waals surface area contributed by atoms with E-state index in [0.29, 0.717) is 17.3 Å². The number of rotatable bonds is 4. The standard InChI is InChI=1S/C15H15BrClNO/c1-10-9-12(5-6-13(10)16)19-15-11(7-8-18)3-2-4-14(15)17/h2-6,9H,7-8,18H2,1H3. The molecule has 0 bridgehead atoms. The third-order valence-electron chi connectivity index (χ3n) is 2.81. The average Bonchev–Trinajstić information content (AvgIpc) is 2.38. The number of ether oxygens (including phenoxy) is 1. The Hall–Kier alpha value is -1.03. The van der Waals surface area contributed by atoms with E-state index < -0.39 is 0 Å². The Labute approximate surface area is 126 Å². The zero-order chi connectivity index (χ0) is 13.8. The molecular formula is C15H15BrClNO. The Morgan fingerprint density at radius 2 is 2.05 bits per heavy atom. The molecule has 2 aromatic carbocycles. The molecule has 0 aliphatic heterocycles. The van der Waals surface area contributed by atoms with Crippen molar-refractivity contribution in [2.75, 3.05) is 6.54 Å². The van der Waals surface area contributed by atoms with Gasteiger partial charge in [-0.05, 0) is 55.3 Å². The lowest BCUT2D eigenvalue weighted by Crippen LogP contribution is -2.04. The summed E-state index contributed by atoms with van der Waals surface area (Å²) in [6.07, 6.45) is 0.741. The van der Waals surface area contributed by atoms with Crippen LogP contribution in [0.4, 0.5) is 0 Å². The molecule has 0 aromatic heterocycles. The van der Waals surface area contributed by atoms with Crippen molar-refractivity contribution in [2.45, 2.75) is 13.3 Å². The van der Waals surface area contributed by atoms with Gasteiger partial charge in [0.2, 0.25) is 0 Å². The molecule has 0 spiro atoms. The van der Waals surface area contributed by atoms with E-state index in [-0.39, 0.29) is 0 Å². The van der Waals surface area contributed by atoms with Crippen LogP contribution in [-0.4, -0.2) is 6.54 Å². The van der Waals surface area contributed by atoms with Crippen LogP contribution in [0.1, 0.15) is 11.1 Å². The molecule has 4 heteroatoms. The second-order valence-electron chi connectivity index (χ2n) is 4.28. The summed E-state index contributed by atoms with van der Waals surface area (Å²) >= 11 is 9.68. The van der Waals surface area contributed by atoms with E-state index >= 15 is 0 Å². The van der Waals surface area contributed by atoms with Gasteiger partial charge in [-0.2, -0.15) is 0 Å². The van der Waals surface area contributed by atoms with Crippen LogP contribution < -0.4 is 10.5 Å². The quantitative estimate of drug-likeness (QED) is 0.875. The fourth-order valence-corrected chi connectivity index (χ4v) is 2.30. The lowest BCUT2D eigenvalue weighted by Gasteiger charge is -2.13. The number of nitrogens with two attached hydrogens (primary N) is 1. The summed E-state index contributed by atoms with van der Waals surface area (Å²) in [6.45, 7) is 2.58. The van der Waals surface area contributed by atoms with E-state index in [1.807, 2.05) is 43.3 Å². The van der Waals surface area contributed by atoms with Crippen LogP contribution in [0.5, 0.6) is 11.5 Å². The summed E-state index contributed by atoms with van der Waals surface area (Å²) in [6, 6.07) is 11.6. The molecule has 0 fully saturated rings. The van der Waals surface area contributed by atoms with Gasteiger partial charge in [-0.3, -0.25) is 0 Å². The van der Waals surface area contributed by atoms with Gasteiger partial charge in [0.1, 0.15) is 11.5 Å². The summed E-state index contributed by atoms with van der Waals surface area (Å²) in [5.74, 6) is 1.46. The molecule has 0 aliphatic carbocycles. The fourth-order valence-electron chi connectivity index (χ4n) is 1.82. The molecule has 0 heterocycles. The first kappa shape index (κ1) is 14.4. The van der Waals surface area contributed by atoms with E-state index in [2.05, 4.69) is 15.9 Å². The molecule has 0 atom stereocenters. The molecule has 0 radical (unpaired) electrons. The highest BCUT2D eigenvalue weighted by molar-refractivity contribution is 9.10. The number of para-hydroxylation sites is 1. The van der Waals surface area contributed by atoms with Gasteiger partial charge in [0.15, 0.2) is 0 Å². The van der Waals surface area contributed by atoms with Gasteiger partial charge in [-0.25, -0.2) is 0 Å². The Bertz CT molecular complexity index is 586. The van der Waals surface area contributed by atoms with Crippen LogP contribution in [0.15, 0.2) is 40.9 Å². The normalized spacial score (nSPS) is 10.5. The van der Waals surface area contributed by atoms with Crippen LogP contribution in [0.3, 0.4) is 0 Å². The van der Waals surface area contributed by atoms with Gasteiger partial charge in [0, 0.05) is 4.47 Å². The molecule has 2 aromatic rings. The summed E-state index contributed by atoms with van der Waals surface area (Å²) in [7, 11) is 0. The molecule has 2 N–H and O–H groups in total. The lowest BCUT2D eigenvalue weighted by molar-refractivity contribution is 0.476. The van der Waals surface area contributed by atoms with Crippen LogP contribution in [0.2, 0.25) is 5.02 Å². The number of hydrogen-bond donors (Lipinski definition) is 1. The Kier molecular flexibility index (Phi) is 4.86. The molecule has 0 saturated heterocycles. The maximum atomic E-state index is 6.21. The van der Waals surface area contributed by atoms with E-state index in [1.165, 1.54) is 0 Å². The molecule has 100 valence electrons. The van der Waals surface area contributed by atoms with Crippen molar-refractivity contribution < 1.29 is 4.74 Å². The van der Waals surface area contributed by atoms with Gasteiger partial charge in [-0.15, -0.1) is 0 Å². The zero-order valence-electron chi connectivity index (χ0n) is 10.6. The molecule has 2 rings (SSSR count). The van der Waals surface area contributed by atoms with E-state index in [1.54, 1.807) is 0 Å².